The van der Waals surface area contributed by atoms with Crippen molar-refractivity contribution in [1.82, 2.24) is 15.5 Å². The van der Waals surface area contributed by atoms with Gasteiger partial charge in [-0.1, -0.05) is 54.5 Å². The molecule has 3 atom stereocenters. The molecule has 1 fully saturated rings. The smallest absolute Gasteiger partial charge is 0.267 e. The highest BCUT2D eigenvalue weighted by Crippen LogP contribution is 2.33. The number of nitrogens with one attached hydrogen (secondary N) is 2. The molecule has 3 amide bonds. The Bertz CT molecular complexity index is 1150. The van der Waals surface area contributed by atoms with Crippen LogP contribution in [0.15, 0.2) is 54.6 Å². The van der Waals surface area contributed by atoms with Gasteiger partial charge in [-0.2, -0.15) is 0 Å². The molecule has 37 heavy (non-hydrogen) atoms. The van der Waals surface area contributed by atoms with Crippen LogP contribution in [-0.2, 0) is 20.8 Å². The molecule has 1 heterocycles. The number of hydrogen-bond donors (Lipinski definition) is 3. The van der Waals surface area contributed by atoms with Gasteiger partial charge in [0.05, 0.1) is 19.1 Å². The minimum atomic E-state index is -3.33. The van der Waals surface area contributed by atoms with Crippen molar-refractivity contribution in [2.24, 2.45) is 0 Å². The van der Waals surface area contributed by atoms with Crippen LogP contribution < -0.4 is 15.4 Å². The molecule has 3 rings (SSSR count). The lowest BCUT2D eigenvalue weighted by molar-refractivity contribution is -0.147. The van der Waals surface area contributed by atoms with Gasteiger partial charge in [0.15, 0.2) is 12.7 Å². The fraction of sp³-hybridized carbons (Fsp3) is 0.370. The summed E-state index contributed by atoms with van der Waals surface area (Å²) in [7, 11) is 0. The average Bonchev–Trinajstić information content (AvgIpc) is 3.21. The first-order chi connectivity index (χ1) is 17.6. The van der Waals surface area contributed by atoms with Gasteiger partial charge in [-0.25, -0.2) is 8.78 Å². The number of rotatable bonds is 10. The highest BCUT2D eigenvalue weighted by Gasteiger charge is 2.51. The molecule has 2 aromatic carbocycles. The summed E-state index contributed by atoms with van der Waals surface area (Å²) in [6.07, 6.45) is 2.34. The Morgan fingerprint density at radius 2 is 1.86 bits per heavy atom. The van der Waals surface area contributed by atoms with Crippen LogP contribution in [0.2, 0.25) is 0 Å². The molecule has 0 aromatic heterocycles. The minimum Gasteiger partial charge on any atom is -0.484 e. The number of ether oxygens (including phenoxy) is 1. The van der Waals surface area contributed by atoms with Gasteiger partial charge in [0.25, 0.3) is 17.7 Å². The number of amides is 3. The average molecular weight is 514 g/mol. The predicted octanol–water partition coefficient (Wildman–Crippen LogP) is 1.45. The van der Waals surface area contributed by atoms with E-state index in [2.05, 4.69) is 16.6 Å². The first-order valence-electron chi connectivity index (χ1n) is 11.7. The largest absolute Gasteiger partial charge is 0.484 e. The third kappa shape index (κ3) is 7.51. The second-order valence-electron chi connectivity index (χ2n) is 8.83. The number of terminal acetylenes is 1. The van der Waals surface area contributed by atoms with Crippen molar-refractivity contribution in [2.45, 2.75) is 43.9 Å². The maximum atomic E-state index is 14.2. The van der Waals surface area contributed by atoms with Crippen molar-refractivity contribution in [3.8, 4) is 18.1 Å². The Hall–Kier alpha value is -3.97. The molecule has 1 aliphatic rings. The fourth-order valence-corrected chi connectivity index (χ4v) is 4.10. The standard InChI is InChI=1S/C27H29F2N3O5/c1-3-13-30-25(35)21-15-27(28,29)17-32(21)26(36)24(34)20(14-19-10-5-4-6-11-19)31-23(33)16-37-22-12-8-7-9-18(22)2/h1,4-12,20-21,24,34H,13-17H2,2H3,(H,30,35)(H,31,33). The molecule has 2 aromatic rings. The van der Waals surface area contributed by atoms with Crippen molar-refractivity contribution in [2.75, 3.05) is 19.7 Å². The first kappa shape index (κ1) is 27.6. The van der Waals surface area contributed by atoms with Gasteiger partial charge in [0.1, 0.15) is 11.8 Å². The summed E-state index contributed by atoms with van der Waals surface area (Å²) in [6.45, 7) is 0.185. The van der Waals surface area contributed by atoms with Crippen LogP contribution in [0.4, 0.5) is 8.78 Å². The molecule has 10 heteroatoms. The van der Waals surface area contributed by atoms with Crippen molar-refractivity contribution < 1.29 is 33.0 Å². The third-order valence-electron chi connectivity index (χ3n) is 5.95. The number of hydrogen-bond acceptors (Lipinski definition) is 5. The third-order valence-corrected chi connectivity index (χ3v) is 5.95. The molecule has 0 bridgehead atoms. The summed E-state index contributed by atoms with van der Waals surface area (Å²) in [6, 6.07) is 13.1. The van der Waals surface area contributed by atoms with Crippen LogP contribution in [0, 0.1) is 19.3 Å². The molecule has 3 N–H and O–H groups in total. The number of halogens is 2. The number of aliphatic hydroxyl groups is 1. The van der Waals surface area contributed by atoms with Gasteiger partial charge < -0.3 is 25.4 Å². The number of carbonyl (C=O) groups excluding carboxylic acids is 3. The summed E-state index contributed by atoms with van der Waals surface area (Å²) < 4.78 is 34.0. The summed E-state index contributed by atoms with van der Waals surface area (Å²) in [4.78, 5) is 39.0. The van der Waals surface area contributed by atoms with E-state index < -0.39 is 61.4 Å². The van der Waals surface area contributed by atoms with E-state index in [4.69, 9.17) is 11.2 Å². The molecule has 0 radical (unpaired) electrons. The van der Waals surface area contributed by atoms with E-state index in [0.717, 1.165) is 5.56 Å². The quantitative estimate of drug-likeness (QED) is 0.417. The molecule has 8 nitrogen and oxygen atoms in total. The molecule has 3 unspecified atom stereocenters. The number of para-hydroxylation sites is 1. The fourth-order valence-electron chi connectivity index (χ4n) is 4.10. The predicted molar refractivity (Wildman–Crippen MR) is 132 cm³/mol. The second-order valence-corrected chi connectivity index (χ2v) is 8.83. The summed E-state index contributed by atoms with van der Waals surface area (Å²) in [5, 5.41) is 15.9. The number of benzene rings is 2. The molecule has 196 valence electrons. The van der Waals surface area contributed by atoms with Crippen LogP contribution in [0.25, 0.3) is 0 Å². The van der Waals surface area contributed by atoms with Crippen LogP contribution in [-0.4, -0.2) is 71.5 Å². The number of aryl methyl sites for hydroxylation is 1. The number of aliphatic hydroxyl groups excluding tert-OH is 1. The molecule has 0 saturated carbocycles. The van der Waals surface area contributed by atoms with Crippen molar-refractivity contribution >= 4 is 17.7 Å². The van der Waals surface area contributed by atoms with E-state index in [0.29, 0.717) is 16.2 Å². The first-order valence-corrected chi connectivity index (χ1v) is 11.7. The SMILES string of the molecule is C#CCNC(=O)C1CC(F)(F)CN1C(=O)C(O)C(Cc1ccccc1)NC(=O)COc1ccccc1C. The normalized spacial score (nSPS) is 17.8. The highest BCUT2D eigenvalue weighted by molar-refractivity contribution is 5.91. The second kappa shape index (κ2) is 12.3. The Morgan fingerprint density at radius 1 is 1.19 bits per heavy atom. The molecule has 1 aliphatic heterocycles. The van der Waals surface area contributed by atoms with Crippen molar-refractivity contribution in [3.63, 3.8) is 0 Å². The van der Waals surface area contributed by atoms with Gasteiger partial charge >= 0.3 is 0 Å². The van der Waals surface area contributed by atoms with E-state index in [9.17, 15) is 28.3 Å². The van der Waals surface area contributed by atoms with Crippen LogP contribution in [0.5, 0.6) is 5.75 Å². The van der Waals surface area contributed by atoms with E-state index in [1.807, 2.05) is 19.1 Å². The summed E-state index contributed by atoms with van der Waals surface area (Å²) in [5.41, 5.74) is 1.50. The van der Waals surface area contributed by atoms with Gasteiger partial charge in [-0.15, -0.1) is 6.42 Å². The van der Waals surface area contributed by atoms with Gasteiger partial charge in [0.2, 0.25) is 5.91 Å². The number of carbonyl (C=O) groups is 3. The van der Waals surface area contributed by atoms with E-state index >= 15 is 0 Å². The monoisotopic (exact) mass is 513 g/mol. The number of alkyl halides is 2. The van der Waals surface area contributed by atoms with Gasteiger partial charge in [-0.3, -0.25) is 14.4 Å². The topological polar surface area (TPSA) is 108 Å². The van der Waals surface area contributed by atoms with Crippen LogP contribution in [0.1, 0.15) is 17.5 Å². The Kier molecular flexibility index (Phi) is 9.20. The van der Waals surface area contributed by atoms with Gasteiger partial charge in [0, 0.05) is 6.42 Å². The maximum absolute atomic E-state index is 14.2. The lowest BCUT2D eigenvalue weighted by Crippen LogP contribution is -2.56. The highest BCUT2D eigenvalue weighted by atomic mass is 19.3. The molecule has 1 saturated heterocycles. The van der Waals surface area contributed by atoms with Gasteiger partial charge in [-0.05, 0) is 30.5 Å². The molecule has 0 aliphatic carbocycles. The lowest BCUT2D eigenvalue weighted by atomic mass is 9.99. The van der Waals surface area contributed by atoms with Crippen molar-refractivity contribution in [3.05, 3.63) is 65.7 Å². The van der Waals surface area contributed by atoms with E-state index in [1.165, 1.54) is 0 Å². The molecular weight excluding hydrogens is 484 g/mol. The van der Waals surface area contributed by atoms with E-state index in [1.54, 1.807) is 42.5 Å². The summed E-state index contributed by atoms with van der Waals surface area (Å²) >= 11 is 0. The number of nitrogens with zero attached hydrogens (tertiary/aromatic N) is 1. The lowest BCUT2D eigenvalue weighted by Gasteiger charge is -2.30. The molecule has 0 spiro atoms. The van der Waals surface area contributed by atoms with Crippen LogP contribution >= 0.6 is 0 Å². The Labute approximate surface area is 214 Å². The summed E-state index contributed by atoms with van der Waals surface area (Å²) in [5.74, 6) is -3.22. The maximum Gasteiger partial charge on any atom is 0.267 e. The number of likely N-dealkylation sites (tertiary alicyclic amines) is 1. The van der Waals surface area contributed by atoms with Crippen LogP contribution in [0.3, 0.4) is 0 Å². The minimum absolute atomic E-state index is 0.0298. The zero-order valence-corrected chi connectivity index (χ0v) is 20.3. The Balaban J connectivity index is 1.76. The molecular formula is C27H29F2N3O5. The Morgan fingerprint density at radius 3 is 2.54 bits per heavy atom. The van der Waals surface area contributed by atoms with Crippen molar-refractivity contribution in [1.29, 1.82) is 0 Å². The van der Waals surface area contributed by atoms with E-state index in [-0.39, 0.29) is 13.0 Å². The zero-order valence-electron chi connectivity index (χ0n) is 20.3. The zero-order chi connectivity index (χ0) is 27.0.